The highest BCUT2D eigenvalue weighted by Gasteiger charge is 2.14. The first-order valence-corrected chi connectivity index (χ1v) is 8.18. The summed E-state index contributed by atoms with van der Waals surface area (Å²) in [4.78, 5) is 4.32. The van der Waals surface area contributed by atoms with Crippen molar-refractivity contribution in [1.82, 2.24) is 5.32 Å². The number of aliphatic imine (C=N–C) groups is 1. The molecule has 0 radical (unpaired) electrons. The molecular weight excluding hydrogens is 403 g/mol. The second-order valence-electron chi connectivity index (χ2n) is 5.02. The molecule has 0 amide bonds. The van der Waals surface area contributed by atoms with Gasteiger partial charge in [-0.05, 0) is 30.5 Å². The van der Waals surface area contributed by atoms with Crippen molar-refractivity contribution in [2.75, 3.05) is 0 Å². The van der Waals surface area contributed by atoms with E-state index in [4.69, 9.17) is 10.9 Å². The maximum absolute atomic E-state index is 11.3. The fourth-order valence-electron chi connectivity index (χ4n) is 2.32. The zero-order valence-corrected chi connectivity index (χ0v) is 14.8. The Labute approximate surface area is 142 Å². The molecule has 1 aliphatic rings. The summed E-state index contributed by atoms with van der Waals surface area (Å²) in [5.41, 5.74) is 6.58. The Morgan fingerprint density at radius 3 is 2.62 bits per heavy atom. The molecule has 2 rings (SSSR count). The number of rotatable bonds is 4. The molecule has 118 valence electrons. The molecule has 1 saturated carbocycles. The zero-order chi connectivity index (χ0) is 14.6. The number of nitrogens with two attached hydrogens (primary N) is 2. The van der Waals surface area contributed by atoms with Crippen molar-refractivity contribution < 1.29 is 8.42 Å². The molecule has 0 bridgehead atoms. The summed E-state index contributed by atoms with van der Waals surface area (Å²) in [6, 6.07) is 6.82. The highest BCUT2D eigenvalue weighted by Crippen LogP contribution is 2.17. The van der Waals surface area contributed by atoms with Crippen molar-refractivity contribution in [3.05, 3.63) is 29.8 Å². The van der Waals surface area contributed by atoms with Gasteiger partial charge in [-0.2, -0.15) is 0 Å². The summed E-state index contributed by atoms with van der Waals surface area (Å²) >= 11 is 0. The maximum Gasteiger partial charge on any atom is 0.238 e. The highest BCUT2D eigenvalue weighted by molar-refractivity contribution is 14.0. The fourth-order valence-corrected chi connectivity index (χ4v) is 2.91. The molecule has 0 aromatic heterocycles. The Balaban J connectivity index is 0.00000220. The van der Waals surface area contributed by atoms with Crippen LogP contribution in [0.3, 0.4) is 0 Å². The van der Waals surface area contributed by atoms with Crippen LogP contribution >= 0.6 is 24.0 Å². The monoisotopic (exact) mass is 424 g/mol. The fraction of sp³-hybridized carbons (Fsp3) is 0.462. The lowest BCUT2D eigenvalue weighted by Crippen LogP contribution is -2.38. The molecule has 1 aromatic rings. The maximum atomic E-state index is 11.3. The van der Waals surface area contributed by atoms with Gasteiger partial charge in [-0.3, -0.25) is 0 Å². The van der Waals surface area contributed by atoms with Crippen molar-refractivity contribution in [2.24, 2.45) is 15.9 Å². The summed E-state index contributed by atoms with van der Waals surface area (Å²) in [7, 11) is -3.68. The van der Waals surface area contributed by atoms with Crippen molar-refractivity contribution in [3.63, 3.8) is 0 Å². The van der Waals surface area contributed by atoms with Crippen LogP contribution in [0.4, 0.5) is 0 Å². The number of hydrogen-bond donors (Lipinski definition) is 3. The molecule has 0 heterocycles. The largest absolute Gasteiger partial charge is 0.370 e. The minimum absolute atomic E-state index is 0. The van der Waals surface area contributed by atoms with E-state index < -0.39 is 10.0 Å². The Hall–Kier alpha value is -0.870. The normalized spacial score (nSPS) is 16.5. The van der Waals surface area contributed by atoms with E-state index in [0.29, 0.717) is 18.5 Å². The van der Waals surface area contributed by atoms with Crippen LogP contribution in [0.15, 0.2) is 34.2 Å². The van der Waals surface area contributed by atoms with Gasteiger partial charge in [-0.25, -0.2) is 18.5 Å². The summed E-state index contributed by atoms with van der Waals surface area (Å²) in [6.45, 7) is 0.328. The molecule has 0 atom stereocenters. The quantitative estimate of drug-likeness (QED) is 0.384. The number of primary sulfonamides is 1. The van der Waals surface area contributed by atoms with E-state index in [1.807, 2.05) is 0 Å². The van der Waals surface area contributed by atoms with Gasteiger partial charge < -0.3 is 11.1 Å². The minimum Gasteiger partial charge on any atom is -0.370 e. The number of sulfonamides is 1. The molecule has 8 heteroatoms. The van der Waals surface area contributed by atoms with Gasteiger partial charge in [0.1, 0.15) is 0 Å². The van der Waals surface area contributed by atoms with Crippen molar-refractivity contribution in [2.45, 2.75) is 43.2 Å². The number of nitrogens with zero attached hydrogens (tertiary/aromatic N) is 1. The summed E-state index contributed by atoms with van der Waals surface area (Å²) in [5, 5.41) is 8.27. The molecule has 5 N–H and O–H groups in total. The summed E-state index contributed by atoms with van der Waals surface area (Å²) in [5.74, 6) is 0.401. The van der Waals surface area contributed by atoms with E-state index in [-0.39, 0.29) is 28.9 Å². The second-order valence-corrected chi connectivity index (χ2v) is 6.58. The number of guanidine groups is 1. The van der Waals surface area contributed by atoms with Crippen LogP contribution in [-0.2, 0) is 16.6 Å². The van der Waals surface area contributed by atoms with Gasteiger partial charge in [-0.1, -0.05) is 25.0 Å². The van der Waals surface area contributed by atoms with Crippen LogP contribution in [0.25, 0.3) is 0 Å². The Morgan fingerprint density at radius 2 is 2.00 bits per heavy atom. The van der Waals surface area contributed by atoms with Gasteiger partial charge in [0, 0.05) is 6.04 Å². The van der Waals surface area contributed by atoms with Gasteiger partial charge >= 0.3 is 0 Å². The van der Waals surface area contributed by atoms with Gasteiger partial charge in [0.25, 0.3) is 0 Å². The lowest BCUT2D eigenvalue weighted by Gasteiger charge is -2.12. The lowest BCUT2D eigenvalue weighted by molar-refractivity contribution is 0.597. The van der Waals surface area contributed by atoms with Crippen LogP contribution in [-0.4, -0.2) is 20.4 Å². The SMILES string of the molecule is I.NC(=NCc1cccc(S(N)(=O)=O)c1)NC1CCCC1. The van der Waals surface area contributed by atoms with Crippen LogP contribution in [0.5, 0.6) is 0 Å². The topological polar surface area (TPSA) is 111 Å². The molecule has 0 unspecified atom stereocenters. The second kappa shape index (κ2) is 7.95. The third kappa shape index (κ3) is 5.79. The van der Waals surface area contributed by atoms with Gasteiger partial charge in [0.05, 0.1) is 11.4 Å². The van der Waals surface area contributed by atoms with Crippen LogP contribution in [0, 0.1) is 0 Å². The van der Waals surface area contributed by atoms with E-state index >= 15 is 0 Å². The predicted molar refractivity (Wildman–Crippen MR) is 93.9 cm³/mol. The number of hydrogen-bond acceptors (Lipinski definition) is 3. The molecule has 6 nitrogen and oxygen atoms in total. The molecule has 0 saturated heterocycles. The molecule has 1 aromatic carbocycles. The van der Waals surface area contributed by atoms with E-state index in [1.54, 1.807) is 12.1 Å². The standard InChI is InChI=1S/C13H20N4O2S.HI/c14-13(17-11-5-1-2-6-11)16-9-10-4-3-7-12(8-10)20(15,18)19;/h3-4,7-8,11H,1-2,5-6,9H2,(H3,14,16,17)(H2,15,18,19);1H. The van der Waals surface area contributed by atoms with Crippen molar-refractivity contribution in [1.29, 1.82) is 0 Å². The van der Waals surface area contributed by atoms with Crippen molar-refractivity contribution >= 4 is 40.0 Å². The van der Waals surface area contributed by atoms with Gasteiger partial charge in [0.2, 0.25) is 10.0 Å². The van der Waals surface area contributed by atoms with E-state index in [9.17, 15) is 8.42 Å². The summed E-state index contributed by atoms with van der Waals surface area (Å²) < 4.78 is 22.5. The van der Waals surface area contributed by atoms with Gasteiger partial charge in [-0.15, -0.1) is 24.0 Å². The molecule has 0 aliphatic heterocycles. The predicted octanol–water partition coefficient (Wildman–Crippen LogP) is 1.30. The minimum atomic E-state index is -3.68. The van der Waals surface area contributed by atoms with E-state index in [1.165, 1.54) is 25.0 Å². The molecule has 1 fully saturated rings. The Bertz CT molecular complexity index is 598. The average molecular weight is 424 g/mol. The van der Waals surface area contributed by atoms with Crippen LogP contribution in [0.1, 0.15) is 31.2 Å². The third-order valence-corrected chi connectivity index (χ3v) is 4.28. The smallest absolute Gasteiger partial charge is 0.238 e. The van der Waals surface area contributed by atoms with Crippen LogP contribution < -0.4 is 16.2 Å². The number of benzene rings is 1. The number of nitrogens with one attached hydrogen (secondary N) is 1. The molecule has 0 spiro atoms. The van der Waals surface area contributed by atoms with Gasteiger partial charge in [0.15, 0.2) is 5.96 Å². The molecule has 1 aliphatic carbocycles. The van der Waals surface area contributed by atoms with E-state index in [2.05, 4.69) is 10.3 Å². The zero-order valence-electron chi connectivity index (χ0n) is 11.7. The molecule has 21 heavy (non-hydrogen) atoms. The average Bonchev–Trinajstić information content (AvgIpc) is 2.88. The van der Waals surface area contributed by atoms with Crippen molar-refractivity contribution in [3.8, 4) is 0 Å². The summed E-state index contributed by atoms with van der Waals surface area (Å²) in [6.07, 6.45) is 4.69. The Morgan fingerprint density at radius 1 is 1.33 bits per heavy atom. The molecular formula is C13H21IN4O2S. The third-order valence-electron chi connectivity index (χ3n) is 3.37. The highest BCUT2D eigenvalue weighted by atomic mass is 127. The first-order valence-electron chi connectivity index (χ1n) is 6.63. The van der Waals surface area contributed by atoms with Crippen LogP contribution in [0.2, 0.25) is 0 Å². The van der Waals surface area contributed by atoms with E-state index in [0.717, 1.165) is 18.4 Å². The lowest BCUT2D eigenvalue weighted by atomic mass is 10.2. The number of halogens is 1. The first kappa shape index (κ1) is 18.2. The Kier molecular flexibility index (Phi) is 6.88. The first-order chi connectivity index (χ1) is 9.45.